The maximum atomic E-state index is 14.4. The molecule has 1 aromatic rings. The van der Waals surface area contributed by atoms with E-state index >= 15 is 0 Å². The number of allylic oxidation sites excluding steroid dienone is 1. The van der Waals surface area contributed by atoms with Crippen LogP contribution in [-0.2, 0) is 52.3 Å². The van der Waals surface area contributed by atoms with Crippen LogP contribution in [0, 0.1) is 34.7 Å². The van der Waals surface area contributed by atoms with Gasteiger partial charge in [-0.2, -0.15) is 5.48 Å². The van der Waals surface area contributed by atoms with Crippen LogP contribution in [0.1, 0.15) is 82.6 Å². The van der Waals surface area contributed by atoms with Crippen LogP contribution in [0.15, 0.2) is 22.9 Å². The van der Waals surface area contributed by atoms with Crippen LogP contribution < -0.4 is 30.3 Å². The quantitative estimate of drug-likeness (QED) is 0.0238. The number of hydroxylamine groups is 1. The number of ether oxygens (including phenoxy) is 12. The van der Waals surface area contributed by atoms with Gasteiger partial charge in [0.15, 0.2) is 36.2 Å². The van der Waals surface area contributed by atoms with E-state index in [1.54, 1.807) is 40.9 Å². The molecule has 1 amide bonds. The molecule has 4 heterocycles. The van der Waals surface area contributed by atoms with Gasteiger partial charge >= 0.3 is 6.09 Å². The number of thioether (sulfide) groups is 1. The van der Waals surface area contributed by atoms with Gasteiger partial charge in [0.05, 0.1) is 96.2 Å². The van der Waals surface area contributed by atoms with Gasteiger partial charge in [0.2, 0.25) is 17.2 Å². The van der Waals surface area contributed by atoms with E-state index in [9.17, 15) is 39.9 Å². The summed E-state index contributed by atoms with van der Waals surface area (Å²) in [6.07, 6.45) is -8.50. The SMILES string of the molecule is C#CCCC#C[C@H](OC1OC(C)C(NOC2CC(O)C(SC(=O)c3c(C)c(I)c(OC4OC(C)C(O)C(OC)C4O)c(OC)c3OC)C(C)O2)C(O)C1OC1CC(OC)C(NCC)CO1)C1=C(NC(=O)OC)C(=O)C[C@](C)(O)/C1=C/CSSSC. The van der Waals surface area contributed by atoms with Crippen molar-refractivity contribution in [2.45, 2.75) is 189 Å². The number of likely N-dealkylation sites (N-methyl/N-ethyl adjacent to an activating group) is 1. The van der Waals surface area contributed by atoms with Gasteiger partial charge in [0.1, 0.15) is 36.6 Å². The molecule has 6 rings (SSSR count). The maximum absolute atomic E-state index is 14.4. The number of carbonyl (C=O) groups is 3. The number of amides is 1. The zero-order valence-corrected chi connectivity index (χ0v) is 54.9. The Labute approximate surface area is 525 Å². The van der Waals surface area contributed by atoms with Gasteiger partial charge in [-0.15, -0.1) is 12.3 Å². The second-order valence-electron chi connectivity index (χ2n) is 20.6. The Morgan fingerprint density at radius 3 is 2.27 bits per heavy atom. The molecule has 4 saturated heterocycles. The van der Waals surface area contributed by atoms with Gasteiger partial charge in [0.25, 0.3) is 0 Å². The summed E-state index contributed by atoms with van der Waals surface area (Å²) in [5, 5.41) is 62.5. The van der Waals surface area contributed by atoms with Crippen molar-refractivity contribution in [1.82, 2.24) is 16.1 Å². The summed E-state index contributed by atoms with van der Waals surface area (Å²) >= 11 is 2.82. The van der Waals surface area contributed by atoms with Crippen LogP contribution in [0.5, 0.6) is 17.2 Å². The fraction of sp³-hybridized carbons (Fsp3) is 0.696. The van der Waals surface area contributed by atoms with E-state index in [4.69, 9.17) is 68.1 Å². The van der Waals surface area contributed by atoms with Crippen LogP contribution in [0.3, 0.4) is 0 Å². The number of alkyl carbamates (subject to hydrolysis) is 1. The molecule has 17 unspecified atom stereocenters. The lowest BCUT2D eigenvalue weighted by atomic mass is 9.76. The Balaban J connectivity index is 1.25. The first-order valence-electron chi connectivity index (χ1n) is 27.5. The molecule has 8 N–H and O–H groups in total. The first-order valence-corrected chi connectivity index (χ1v) is 33.5. The highest BCUT2D eigenvalue weighted by Crippen LogP contribution is 2.49. The average Bonchev–Trinajstić information content (AvgIpc) is 2.87. The van der Waals surface area contributed by atoms with Crippen LogP contribution >= 0.6 is 65.8 Å². The lowest BCUT2D eigenvalue weighted by Crippen LogP contribution is -2.65. The maximum Gasteiger partial charge on any atom is 0.411 e. The number of halogens is 1. The highest BCUT2D eigenvalue weighted by Gasteiger charge is 2.52. The molecule has 0 spiro atoms. The van der Waals surface area contributed by atoms with Gasteiger partial charge < -0.3 is 87.7 Å². The summed E-state index contributed by atoms with van der Waals surface area (Å²) in [5.74, 6) is 8.54. The van der Waals surface area contributed by atoms with Crippen molar-refractivity contribution >= 4 is 82.8 Å². The monoisotopic (exact) mass is 1390 g/mol. The molecule has 19 atom stereocenters. The number of terminal acetylenes is 1. The molecular formula is C56H80IN3O21S4. The molecule has 24 nitrogen and oxygen atoms in total. The molecule has 0 aromatic heterocycles. The molecule has 476 valence electrons. The summed E-state index contributed by atoms with van der Waals surface area (Å²) in [5.41, 5.74) is 1.75. The van der Waals surface area contributed by atoms with E-state index in [0.717, 1.165) is 18.9 Å². The van der Waals surface area contributed by atoms with Crippen molar-refractivity contribution in [3.8, 4) is 41.4 Å². The third-order valence-corrected chi connectivity index (χ3v) is 21.3. The molecule has 5 aliphatic rings. The number of carbonyl (C=O) groups excluding carboxylic acids is 3. The topological polar surface area (TPSA) is 308 Å². The van der Waals surface area contributed by atoms with Crippen LogP contribution in [0.2, 0.25) is 0 Å². The fourth-order valence-corrected chi connectivity index (χ4v) is 14.7. The number of hydrogen-bond acceptors (Lipinski definition) is 27. The van der Waals surface area contributed by atoms with Crippen molar-refractivity contribution in [2.24, 2.45) is 0 Å². The lowest BCUT2D eigenvalue weighted by molar-refractivity contribution is -0.336. The van der Waals surface area contributed by atoms with E-state index in [1.165, 1.54) is 59.7 Å². The molecule has 85 heavy (non-hydrogen) atoms. The molecule has 29 heteroatoms. The van der Waals surface area contributed by atoms with E-state index in [-0.39, 0.29) is 84.1 Å². The molecule has 1 aromatic carbocycles. The van der Waals surface area contributed by atoms with Gasteiger partial charge in [0, 0.05) is 57.6 Å². The Hall–Kier alpha value is -2.68. The van der Waals surface area contributed by atoms with E-state index in [2.05, 4.69) is 33.9 Å². The van der Waals surface area contributed by atoms with E-state index in [1.807, 2.05) is 35.8 Å². The number of benzene rings is 1. The first kappa shape index (κ1) is 71.4. The molecule has 0 saturated carbocycles. The summed E-state index contributed by atoms with van der Waals surface area (Å²) in [6, 6.07) is -1.27. The van der Waals surface area contributed by atoms with Crippen molar-refractivity contribution < 1.29 is 102 Å². The number of Topliss-reactive ketones (excluding diaryl/α,β-unsaturated/α-hetero) is 1. The highest BCUT2D eigenvalue weighted by molar-refractivity contribution is 14.1. The van der Waals surface area contributed by atoms with Gasteiger partial charge in [-0.1, -0.05) is 58.2 Å². The van der Waals surface area contributed by atoms with Crippen molar-refractivity contribution in [3.05, 3.63) is 37.6 Å². The fourth-order valence-electron chi connectivity index (χ4n) is 10.5. The number of unbranched alkanes of at least 4 members (excludes halogenated alkanes) is 1. The number of methoxy groups -OCH3 is 5. The van der Waals surface area contributed by atoms with E-state index in [0.29, 0.717) is 21.4 Å². The molecule has 0 bridgehead atoms. The average molecular weight is 1390 g/mol. The summed E-state index contributed by atoms with van der Waals surface area (Å²) < 4.78 is 72.6. The minimum Gasteiger partial charge on any atom is -0.492 e. The predicted octanol–water partition coefficient (Wildman–Crippen LogP) is 4.06. The second-order valence-corrected chi connectivity index (χ2v) is 27.2. The summed E-state index contributed by atoms with van der Waals surface area (Å²) in [6.45, 7) is 10.9. The number of hydrogen-bond donors (Lipinski definition) is 8. The lowest BCUT2D eigenvalue weighted by Gasteiger charge is -2.46. The summed E-state index contributed by atoms with van der Waals surface area (Å²) in [7, 11) is 11.3. The van der Waals surface area contributed by atoms with E-state index < -0.39 is 127 Å². The number of rotatable bonds is 24. The van der Waals surface area contributed by atoms with Gasteiger partial charge in [-0.3, -0.25) is 19.7 Å². The number of aliphatic hydroxyl groups is 5. The van der Waals surface area contributed by atoms with Crippen LogP contribution in [-0.4, -0.2) is 218 Å². The third-order valence-electron chi connectivity index (χ3n) is 14.9. The standard InChI is InChI=1S/C56H80IN3O21S4/c1-14-16-17-18-19-34(39-30(20-21-83-85-82-13)56(7,68)24-33(62)42(39)59-55(67)73-12)78-54-49(79-36-23-35(69-8)31(25-74-36)58-15-2)44(64)41(27(4)76-54)60-81-37-22-32(61)51(29(6)75-37)84-52(66)38-26(3)40(57)47(50(72-11)46(38)70-9)80-53-45(65)48(71-10)43(63)28(5)77-53/h1,20,27-29,31-32,34-37,41,43-45,48-49,51,53-54,58,60-61,63-65,68H,15-17,21-25H2,2-13H3,(H,59,67)/b30-20+/t27?,28?,29?,31?,32?,34-,35?,36?,37?,41?,43?,44?,45?,48?,49?,51?,53?,54?,56-/m0/s1. The number of aliphatic hydroxyl groups excluding tert-OH is 4. The Kier molecular flexibility index (Phi) is 28.1. The van der Waals surface area contributed by atoms with Gasteiger partial charge in [-0.05, 0) is 91.0 Å². The van der Waals surface area contributed by atoms with Gasteiger partial charge in [-0.25, -0.2) is 4.79 Å². The molecule has 0 radical (unpaired) electrons. The zero-order valence-electron chi connectivity index (χ0n) is 49.5. The van der Waals surface area contributed by atoms with Crippen LogP contribution in [0.4, 0.5) is 4.79 Å². The number of ketones is 1. The Bertz CT molecular complexity index is 2610. The van der Waals surface area contributed by atoms with Crippen molar-refractivity contribution in [3.63, 3.8) is 0 Å². The normalized spacial score (nSPS) is 34.2. The summed E-state index contributed by atoms with van der Waals surface area (Å²) in [4.78, 5) is 47.5. The molecule has 4 aliphatic heterocycles. The van der Waals surface area contributed by atoms with Crippen LogP contribution in [0.25, 0.3) is 0 Å². The second kappa shape index (κ2) is 33.4. The molecule has 1 aliphatic carbocycles. The molecular weight excluding hydrogens is 1310 g/mol. The smallest absolute Gasteiger partial charge is 0.411 e. The Morgan fingerprint density at radius 2 is 1.64 bits per heavy atom. The third kappa shape index (κ3) is 17.4. The minimum absolute atomic E-state index is 0.0257. The van der Waals surface area contributed by atoms with Crippen molar-refractivity contribution in [1.29, 1.82) is 0 Å². The molecule has 4 fully saturated rings. The number of nitrogens with one attached hydrogen (secondary N) is 3. The predicted molar refractivity (Wildman–Crippen MR) is 326 cm³/mol. The Morgan fingerprint density at radius 1 is 0.918 bits per heavy atom. The first-order chi connectivity index (χ1) is 40.5. The highest BCUT2D eigenvalue weighted by atomic mass is 127. The van der Waals surface area contributed by atoms with Crippen molar-refractivity contribution in [2.75, 3.05) is 60.7 Å². The zero-order chi connectivity index (χ0) is 62.4. The minimum atomic E-state index is -1.77. The largest absolute Gasteiger partial charge is 0.492 e.